The van der Waals surface area contributed by atoms with E-state index in [9.17, 15) is 4.79 Å². The van der Waals surface area contributed by atoms with E-state index in [4.69, 9.17) is 0 Å². The van der Waals surface area contributed by atoms with Crippen molar-refractivity contribution in [2.45, 2.75) is 51.4 Å². The zero-order valence-corrected chi connectivity index (χ0v) is 10.1. The van der Waals surface area contributed by atoms with Crippen LogP contribution in [0.2, 0.25) is 0 Å². The van der Waals surface area contributed by atoms with Crippen LogP contribution < -0.4 is 5.32 Å². The van der Waals surface area contributed by atoms with Gasteiger partial charge < -0.3 is 5.32 Å². The first-order valence-electron chi connectivity index (χ1n) is 7.11. The summed E-state index contributed by atoms with van der Waals surface area (Å²) in [5.41, 5.74) is 0. The van der Waals surface area contributed by atoms with Crippen LogP contribution in [-0.2, 0) is 4.79 Å². The van der Waals surface area contributed by atoms with Gasteiger partial charge in [-0.05, 0) is 49.4 Å². The van der Waals surface area contributed by atoms with Gasteiger partial charge in [-0.15, -0.1) is 0 Å². The maximum atomic E-state index is 11.6. The van der Waals surface area contributed by atoms with Gasteiger partial charge in [-0.25, -0.2) is 0 Å². The fraction of sp³-hybridized carbons (Fsp3) is 0.929. The molecule has 3 rings (SSSR count). The lowest BCUT2D eigenvalue weighted by molar-refractivity contribution is -0.121. The number of amides is 1. The monoisotopic (exact) mass is 221 g/mol. The molecule has 1 unspecified atom stereocenters. The van der Waals surface area contributed by atoms with Crippen LogP contribution in [0.4, 0.5) is 0 Å². The second-order valence-corrected chi connectivity index (χ2v) is 6.04. The van der Waals surface area contributed by atoms with Crippen LogP contribution in [0.3, 0.4) is 0 Å². The van der Waals surface area contributed by atoms with Gasteiger partial charge in [0, 0.05) is 13.0 Å². The normalized spacial score (nSPS) is 43.9. The standard InChI is InChI=1S/C14H23NO/c16-13-7-6-11-3-1-2-10-4-5-12(14(10)11)8-9-15-13/h10-12,14H,1-9H2,(H,15,16)/t10?,11-,12+,14-/m0/s1. The highest BCUT2D eigenvalue weighted by molar-refractivity contribution is 5.75. The third-order valence-electron chi connectivity index (χ3n) is 5.27. The Morgan fingerprint density at radius 1 is 0.875 bits per heavy atom. The first kappa shape index (κ1) is 10.6. The molecule has 3 fully saturated rings. The molecular weight excluding hydrogens is 198 g/mol. The van der Waals surface area contributed by atoms with E-state index in [1.54, 1.807) is 0 Å². The van der Waals surface area contributed by atoms with Crippen molar-refractivity contribution >= 4 is 5.91 Å². The summed E-state index contributed by atoms with van der Waals surface area (Å²) in [6, 6.07) is 0. The molecule has 1 heterocycles. The van der Waals surface area contributed by atoms with Crippen LogP contribution in [0, 0.1) is 23.7 Å². The summed E-state index contributed by atoms with van der Waals surface area (Å²) in [4.78, 5) is 11.6. The Labute approximate surface area is 98.2 Å². The van der Waals surface area contributed by atoms with Crippen LogP contribution in [0.15, 0.2) is 0 Å². The van der Waals surface area contributed by atoms with Crippen LogP contribution >= 0.6 is 0 Å². The minimum Gasteiger partial charge on any atom is -0.356 e. The highest BCUT2D eigenvalue weighted by atomic mass is 16.1. The van der Waals surface area contributed by atoms with Gasteiger partial charge in [0.05, 0.1) is 0 Å². The van der Waals surface area contributed by atoms with Gasteiger partial charge in [-0.1, -0.05) is 19.3 Å². The molecule has 2 saturated carbocycles. The Morgan fingerprint density at radius 3 is 2.38 bits per heavy atom. The molecule has 0 aromatic carbocycles. The van der Waals surface area contributed by atoms with Crippen molar-refractivity contribution in [1.29, 1.82) is 0 Å². The highest BCUT2D eigenvalue weighted by Crippen LogP contribution is 2.51. The third-order valence-corrected chi connectivity index (χ3v) is 5.27. The first-order valence-corrected chi connectivity index (χ1v) is 7.11. The molecule has 2 heteroatoms. The summed E-state index contributed by atoms with van der Waals surface area (Å²) in [7, 11) is 0. The lowest BCUT2D eigenvalue weighted by Crippen LogP contribution is -2.29. The summed E-state index contributed by atoms with van der Waals surface area (Å²) >= 11 is 0. The fourth-order valence-electron chi connectivity index (χ4n) is 4.61. The molecule has 3 aliphatic rings. The van der Waals surface area contributed by atoms with E-state index in [2.05, 4.69) is 5.32 Å². The Balaban J connectivity index is 1.78. The van der Waals surface area contributed by atoms with Crippen LogP contribution in [0.5, 0.6) is 0 Å². The van der Waals surface area contributed by atoms with Gasteiger partial charge in [0.1, 0.15) is 0 Å². The summed E-state index contributed by atoms with van der Waals surface area (Å²) in [5.74, 6) is 4.07. The Kier molecular flexibility index (Phi) is 2.91. The minimum atomic E-state index is 0.294. The van der Waals surface area contributed by atoms with Crippen LogP contribution in [-0.4, -0.2) is 12.5 Å². The smallest absolute Gasteiger partial charge is 0.220 e. The predicted molar refractivity (Wildman–Crippen MR) is 63.9 cm³/mol. The fourth-order valence-corrected chi connectivity index (χ4v) is 4.61. The molecule has 1 amide bonds. The Bertz CT molecular complexity index is 276. The summed E-state index contributed by atoms with van der Waals surface area (Å²) in [6.07, 6.45) is 10.4. The van der Waals surface area contributed by atoms with Crippen molar-refractivity contribution < 1.29 is 4.79 Å². The molecule has 0 aromatic heterocycles. The van der Waals surface area contributed by atoms with Gasteiger partial charge in [0.15, 0.2) is 0 Å². The van der Waals surface area contributed by atoms with Crippen molar-refractivity contribution in [2.75, 3.05) is 6.54 Å². The van der Waals surface area contributed by atoms with Gasteiger partial charge in [0.25, 0.3) is 0 Å². The van der Waals surface area contributed by atoms with E-state index < -0.39 is 0 Å². The maximum Gasteiger partial charge on any atom is 0.220 e. The van der Waals surface area contributed by atoms with E-state index in [-0.39, 0.29) is 0 Å². The molecule has 90 valence electrons. The average molecular weight is 221 g/mol. The molecule has 16 heavy (non-hydrogen) atoms. The van der Waals surface area contributed by atoms with Gasteiger partial charge >= 0.3 is 0 Å². The number of carbonyl (C=O) groups is 1. The molecule has 0 radical (unpaired) electrons. The zero-order chi connectivity index (χ0) is 11.0. The van der Waals surface area contributed by atoms with E-state index in [0.717, 1.165) is 43.1 Å². The maximum absolute atomic E-state index is 11.6. The Hall–Kier alpha value is -0.530. The molecule has 0 spiro atoms. The van der Waals surface area contributed by atoms with E-state index in [1.807, 2.05) is 0 Å². The molecule has 1 saturated heterocycles. The molecule has 0 bridgehead atoms. The lowest BCUT2D eigenvalue weighted by atomic mass is 9.68. The first-order chi connectivity index (χ1) is 7.84. The van der Waals surface area contributed by atoms with Crippen LogP contribution in [0.25, 0.3) is 0 Å². The highest BCUT2D eigenvalue weighted by Gasteiger charge is 2.42. The lowest BCUT2D eigenvalue weighted by Gasteiger charge is -2.36. The number of rotatable bonds is 0. The largest absolute Gasteiger partial charge is 0.356 e. The number of nitrogens with one attached hydrogen (secondary N) is 1. The zero-order valence-electron chi connectivity index (χ0n) is 10.1. The molecule has 2 aliphatic carbocycles. The average Bonchev–Trinajstić information content (AvgIpc) is 2.72. The second-order valence-electron chi connectivity index (χ2n) is 6.04. The minimum absolute atomic E-state index is 0.294. The number of carbonyl (C=O) groups excluding carboxylic acids is 1. The van der Waals surface area contributed by atoms with E-state index >= 15 is 0 Å². The third kappa shape index (κ3) is 1.87. The topological polar surface area (TPSA) is 29.1 Å². The van der Waals surface area contributed by atoms with Crippen molar-refractivity contribution in [3.05, 3.63) is 0 Å². The molecular formula is C14H23NO. The van der Waals surface area contributed by atoms with Gasteiger partial charge in [0.2, 0.25) is 5.91 Å². The molecule has 1 N–H and O–H groups in total. The number of hydrogen-bond donors (Lipinski definition) is 1. The molecule has 2 nitrogen and oxygen atoms in total. The molecule has 4 atom stereocenters. The van der Waals surface area contributed by atoms with Crippen molar-refractivity contribution in [3.63, 3.8) is 0 Å². The van der Waals surface area contributed by atoms with Crippen molar-refractivity contribution in [2.24, 2.45) is 23.7 Å². The van der Waals surface area contributed by atoms with Crippen molar-refractivity contribution in [1.82, 2.24) is 5.32 Å². The second kappa shape index (κ2) is 4.38. The summed E-state index contributed by atoms with van der Waals surface area (Å²) in [5, 5.41) is 3.08. The van der Waals surface area contributed by atoms with Gasteiger partial charge in [-0.3, -0.25) is 4.79 Å². The molecule has 1 aliphatic heterocycles. The number of hydrogen-bond acceptors (Lipinski definition) is 1. The molecule has 0 aromatic rings. The summed E-state index contributed by atoms with van der Waals surface area (Å²) in [6.45, 7) is 0.930. The Morgan fingerprint density at radius 2 is 1.56 bits per heavy atom. The summed E-state index contributed by atoms with van der Waals surface area (Å²) < 4.78 is 0. The quantitative estimate of drug-likeness (QED) is 0.669. The van der Waals surface area contributed by atoms with Crippen LogP contribution in [0.1, 0.15) is 51.4 Å². The van der Waals surface area contributed by atoms with E-state index in [1.165, 1.54) is 38.5 Å². The van der Waals surface area contributed by atoms with Crippen molar-refractivity contribution in [3.8, 4) is 0 Å². The predicted octanol–water partition coefficient (Wildman–Crippen LogP) is 2.73. The van der Waals surface area contributed by atoms with E-state index in [0.29, 0.717) is 5.91 Å². The SMILES string of the molecule is O=C1CC[C@@H]2CCCC3CC[C@H](CCN1)[C@@H]32. The van der Waals surface area contributed by atoms with Gasteiger partial charge in [-0.2, -0.15) is 0 Å².